The lowest BCUT2D eigenvalue weighted by Crippen LogP contribution is -2.55. The first-order valence-corrected chi connectivity index (χ1v) is 13.3. The topological polar surface area (TPSA) is 198 Å². The van der Waals surface area contributed by atoms with E-state index in [-0.39, 0.29) is 34.4 Å². The van der Waals surface area contributed by atoms with E-state index in [0.717, 1.165) is 14.0 Å². The van der Waals surface area contributed by atoms with Gasteiger partial charge in [-0.3, -0.25) is 14.4 Å². The van der Waals surface area contributed by atoms with Gasteiger partial charge in [-0.15, -0.1) is 0 Å². The second kappa shape index (κ2) is 10.7. The van der Waals surface area contributed by atoms with Crippen molar-refractivity contribution in [2.75, 3.05) is 14.2 Å². The summed E-state index contributed by atoms with van der Waals surface area (Å²) in [5.41, 5.74) is -3.36. The average molecular weight is 586 g/mol. The number of benzene rings is 2. The van der Waals surface area contributed by atoms with Crippen molar-refractivity contribution in [3.8, 4) is 17.2 Å². The Morgan fingerprint density at radius 3 is 2.40 bits per heavy atom. The predicted molar refractivity (Wildman–Crippen MR) is 142 cm³/mol. The Morgan fingerprint density at radius 1 is 1.07 bits per heavy atom. The molecule has 3 aliphatic rings. The summed E-state index contributed by atoms with van der Waals surface area (Å²) >= 11 is 0. The van der Waals surface area contributed by atoms with Gasteiger partial charge in [0.05, 0.1) is 49.2 Å². The zero-order chi connectivity index (χ0) is 30.7. The highest BCUT2D eigenvalue weighted by molar-refractivity contribution is 6.31. The van der Waals surface area contributed by atoms with Crippen LogP contribution in [0.1, 0.15) is 75.8 Å². The van der Waals surface area contributed by atoms with Gasteiger partial charge in [-0.25, -0.2) is 4.79 Å². The van der Waals surface area contributed by atoms with E-state index in [1.165, 1.54) is 25.3 Å². The molecule has 1 saturated heterocycles. The highest BCUT2D eigenvalue weighted by Gasteiger charge is 2.49. The summed E-state index contributed by atoms with van der Waals surface area (Å²) in [5.74, 6) is -3.41. The molecule has 5 N–H and O–H groups in total. The Labute approximate surface area is 240 Å². The van der Waals surface area contributed by atoms with Crippen LogP contribution in [0.5, 0.6) is 17.2 Å². The molecule has 0 radical (unpaired) electrons. The molecule has 1 amide bonds. The zero-order valence-electron chi connectivity index (χ0n) is 23.3. The van der Waals surface area contributed by atoms with E-state index in [4.69, 9.17) is 14.2 Å². The summed E-state index contributed by atoms with van der Waals surface area (Å²) in [6, 6.07) is 3.52. The number of nitrogens with one attached hydrogen (secondary N) is 1. The standard InChI is InChI=1S/C29H31NO12/c1-11-23(32)15(30-28(37)40-4)8-18(41-11)42-17-10-29(38,12(2)31)9-14-20(17)27(36)22-21(25(14)34)24(33)13-6-5-7-16(39-3)19(13)26(22)35/h5-7,11,15,17-18,23,32,34,36,38H,8-10H2,1-4H3,(H,30,37)/t11?,15?,17-,18?,23?,29-/m0/s1. The van der Waals surface area contributed by atoms with Crippen LogP contribution in [-0.4, -0.2) is 88.2 Å². The predicted octanol–water partition coefficient (Wildman–Crippen LogP) is 1.43. The largest absolute Gasteiger partial charge is 0.507 e. The first-order valence-electron chi connectivity index (χ1n) is 13.3. The van der Waals surface area contributed by atoms with Crippen LogP contribution in [-0.2, 0) is 25.4 Å². The van der Waals surface area contributed by atoms with Crippen molar-refractivity contribution < 1.29 is 58.6 Å². The number of aromatic hydroxyl groups is 2. The number of alkyl carbamates (subject to hydrolysis) is 1. The van der Waals surface area contributed by atoms with E-state index in [1.54, 1.807) is 6.92 Å². The second-order valence-electron chi connectivity index (χ2n) is 10.7. The molecule has 5 rings (SSSR count). The van der Waals surface area contributed by atoms with Crippen molar-refractivity contribution in [3.05, 3.63) is 51.6 Å². The molecule has 6 atom stereocenters. The molecule has 42 heavy (non-hydrogen) atoms. The van der Waals surface area contributed by atoms with Crippen LogP contribution in [0, 0.1) is 0 Å². The van der Waals surface area contributed by atoms with E-state index in [0.29, 0.717) is 0 Å². The van der Waals surface area contributed by atoms with Crippen LogP contribution in [0.25, 0.3) is 0 Å². The number of ether oxygens (including phenoxy) is 4. The molecule has 0 aromatic heterocycles. The number of Topliss-reactive ketones (excluding diaryl/α,β-unsaturated/α-hetero) is 1. The van der Waals surface area contributed by atoms with E-state index in [1.807, 2.05) is 0 Å². The van der Waals surface area contributed by atoms with Crippen LogP contribution in [0.4, 0.5) is 4.79 Å². The van der Waals surface area contributed by atoms with Crippen molar-refractivity contribution in [2.45, 2.75) is 69.4 Å². The van der Waals surface area contributed by atoms with Gasteiger partial charge in [0.1, 0.15) is 29.0 Å². The van der Waals surface area contributed by atoms with Crippen LogP contribution in [0.2, 0.25) is 0 Å². The molecular formula is C29H31NO12. The molecule has 4 unspecified atom stereocenters. The molecule has 224 valence electrons. The van der Waals surface area contributed by atoms with Gasteiger partial charge in [-0.1, -0.05) is 12.1 Å². The van der Waals surface area contributed by atoms with Crippen molar-refractivity contribution in [3.63, 3.8) is 0 Å². The van der Waals surface area contributed by atoms with Gasteiger partial charge in [-0.2, -0.15) is 0 Å². The van der Waals surface area contributed by atoms with E-state index < -0.39 is 95.2 Å². The Kier molecular flexibility index (Phi) is 7.47. The van der Waals surface area contributed by atoms with Gasteiger partial charge in [0, 0.05) is 36.0 Å². The molecule has 1 heterocycles. The molecule has 13 heteroatoms. The number of ketones is 3. The number of methoxy groups -OCH3 is 2. The van der Waals surface area contributed by atoms with Gasteiger partial charge in [0.15, 0.2) is 17.9 Å². The van der Waals surface area contributed by atoms with Crippen LogP contribution in [0.3, 0.4) is 0 Å². The minimum absolute atomic E-state index is 0.0424. The molecule has 1 aliphatic heterocycles. The third-order valence-electron chi connectivity index (χ3n) is 8.24. The van der Waals surface area contributed by atoms with E-state index in [2.05, 4.69) is 10.1 Å². The third-order valence-corrected chi connectivity index (χ3v) is 8.24. The van der Waals surface area contributed by atoms with Crippen LogP contribution in [0.15, 0.2) is 18.2 Å². The van der Waals surface area contributed by atoms with Gasteiger partial charge >= 0.3 is 6.09 Å². The molecule has 0 saturated carbocycles. The summed E-state index contributed by atoms with van der Waals surface area (Å²) in [7, 11) is 2.49. The fourth-order valence-electron chi connectivity index (χ4n) is 5.98. The maximum Gasteiger partial charge on any atom is 0.407 e. The van der Waals surface area contributed by atoms with Gasteiger partial charge < -0.3 is 44.7 Å². The number of carbonyl (C=O) groups is 4. The Morgan fingerprint density at radius 2 is 1.76 bits per heavy atom. The number of hydrogen-bond acceptors (Lipinski definition) is 12. The number of aliphatic hydroxyl groups is 2. The number of hydrogen-bond donors (Lipinski definition) is 5. The van der Waals surface area contributed by atoms with Crippen molar-refractivity contribution in [2.24, 2.45) is 0 Å². The molecule has 2 aromatic rings. The summed E-state index contributed by atoms with van der Waals surface area (Å²) in [5, 5.41) is 47.3. The first-order chi connectivity index (χ1) is 19.8. The second-order valence-corrected chi connectivity index (χ2v) is 10.7. The molecular weight excluding hydrogens is 554 g/mol. The van der Waals surface area contributed by atoms with Gasteiger partial charge in [-0.05, 0) is 19.9 Å². The lowest BCUT2D eigenvalue weighted by atomic mass is 9.72. The first kappa shape index (κ1) is 29.5. The van der Waals surface area contributed by atoms with E-state index >= 15 is 0 Å². The van der Waals surface area contributed by atoms with E-state index in [9.17, 15) is 39.6 Å². The number of phenols is 2. The minimum atomic E-state index is -2.07. The summed E-state index contributed by atoms with van der Waals surface area (Å²) < 4.78 is 21.8. The van der Waals surface area contributed by atoms with Crippen LogP contribution >= 0.6 is 0 Å². The fraction of sp³-hybridized carbons (Fsp3) is 0.448. The number of aliphatic hydroxyl groups excluding tert-OH is 1. The monoisotopic (exact) mass is 585 g/mol. The molecule has 13 nitrogen and oxygen atoms in total. The SMILES string of the molecule is COC(=O)NC1CC(O[C@H]2C[C@](O)(C(C)=O)Cc3c(O)c4c(c(O)c32)C(=O)c2c(OC)cccc2C4=O)OC(C)C1O. The number of rotatable bonds is 5. The molecule has 0 bridgehead atoms. The number of fused-ring (bicyclic) bond motifs is 3. The maximum absolute atomic E-state index is 13.7. The summed E-state index contributed by atoms with van der Waals surface area (Å²) in [4.78, 5) is 51.7. The van der Waals surface area contributed by atoms with Crippen LogP contribution < -0.4 is 10.1 Å². The fourth-order valence-corrected chi connectivity index (χ4v) is 5.98. The van der Waals surface area contributed by atoms with Crippen molar-refractivity contribution in [1.29, 1.82) is 0 Å². The summed E-state index contributed by atoms with van der Waals surface area (Å²) in [6.45, 7) is 2.70. The molecule has 1 fully saturated rings. The molecule has 0 spiro atoms. The zero-order valence-corrected chi connectivity index (χ0v) is 23.3. The lowest BCUT2D eigenvalue weighted by molar-refractivity contribution is -0.249. The summed E-state index contributed by atoms with van der Waals surface area (Å²) in [6.07, 6.45) is -6.19. The highest BCUT2D eigenvalue weighted by Crippen LogP contribution is 2.52. The number of phenolic OH excluding ortho intramolecular Hbond substituents is 2. The minimum Gasteiger partial charge on any atom is -0.507 e. The third kappa shape index (κ3) is 4.58. The van der Waals surface area contributed by atoms with Crippen molar-refractivity contribution in [1.82, 2.24) is 5.32 Å². The smallest absolute Gasteiger partial charge is 0.407 e. The van der Waals surface area contributed by atoms with Gasteiger partial charge in [0.2, 0.25) is 5.78 Å². The molecule has 2 aliphatic carbocycles. The Bertz CT molecular complexity index is 1500. The average Bonchev–Trinajstić information content (AvgIpc) is 2.95. The number of carbonyl (C=O) groups excluding carboxylic acids is 4. The molecule has 2 aromatic carbocycles. The number of amides is 1. The highest BCUT2D eigenvalue weighted by atomic mass is 16.7. The quantitative estimate of drug-likeness (QED) is 0.270. The van der Waals surface area contributed by atoms with Crippen molar-refractivity contribution >= 4 is 23.4 Å². The lowest BCUT2D eigenvalue weighted by Gasteiger charge is -2.42. The van der Waals surface area contributed by atoms with Gasteiger partial charge in [0.25, 0.3) is 0 Å². The Hall–Kier alpha value is -4.04. The maximum atomic E-state index is 13.7. The Balaban J connectivity index is 1.62. The normalized spacial score (nSPS) is 28.3.